The van der Waals surface area contributed by atoms with Gasteiger partial charge in [0, 0.05) is 9.86 Å². The molecule has 112 valence electrons. The second-order valence-electron chi connectivity index (χ2n) is 4.78. The summed E-state index contributed by atoms with van der Waals surface area (Å²) in [5.74, 6) is 0.533. The number of methoxy groups -OCH3 is 1. The lowest BCUT2D eigenvalue weighted by Gasteiger charge is -2.17. The van der Waals surface area contributed by atoms with Crippen LogP contribution in [0.25, 0.3) is 10.9 Å². The number of alkyl halides is 1. The van der Waals surface area contributed by atoms with Crippen LogP contribution in [0.3, 0.4) is 0 Å². The van der Waals surface area contributed by atoms with E-state index in [1.165, 1.54) is 0 Å². The predicted molar refractivity (Wildman–Crippen MR) is 98.2 cm³/mol. The summed E-state index contributed by atoms with van der Waals surface area (Å²) in [5.41, 5.74) is 2.74. The maximum atomic E-state index is 6.67. The molecular weight excluding hydrogens is 429 g/mol. The van der Waals surface area contributed by atoms with Gasteiger partial charge >= 0.3 is 0 Å². The van der Waals surface area contributed by atoms with Gasteiger partial charge in [0.05, 0.1) is 28.0 Å². The van der Waals surface area contributed by atoms with E-state index >= 15 is 0 Å². The summed E-state index contributed by atoms with van der Waals surface area (Å²) < 4.78 is 6.43. The Balaban J connectivity index is 2.25. The first-order valence-electron chi connectivity index (χ1n) is 6.63. The maximum Gasteiger partial charge on any atom is 0.219 e. The zero-order valence-corrected chi connectivity index (χ0v) is 15.6. The molecule has 0 aliphatic carbocycles. The van der Waals surface area contributed by atoms with Gasteiger partial charge in [-0.1, -0.05) is 73.8 Å². The lowest BCUT2D eigenvalue weighted by Crippen LogP contribution is -2.01. The number of fused-ring (bicyclic) bond motifs is 1. The molecule has 1 atom stereocenters. The number of nitrogens with zero attached hydrogens (tertiary/aromatic N) is 1. The fourth-order valence-corrected chi connectivity index (χ4v) is 3.92. The first-order chi connectivity index (χ1) is 10.6. The van der Waals surface area contributed by atoms with Crippen LogP contribution < -0.4 is 4.74 Å². The molecule has 0 aliphatic heterocycles. The van der Waals surface area contributed by atoms with Gasteiger partial charge in [-0.2, -0.15) is 0 Å². The van der Waals surface area contributed by atoms with Crippen molar-refractivity contribution in [3.8, 4) is 5.88 Å². The molecule has 0 saturated carbocycles. The number of hydrogen-bond donors (Lipinski definition) is 0. The molecule has 0 saturated heterocycles. The van der Waals surface area contributed by atoms with E-state index in [-0.39, 0.29) is 4.83 Å². The maximum absolute atomic E-state index is 6.67. The van der Waals surface area contributed by atoms with E-state index in [0.717, 1.165) is 26.5 Å². The molecule has 0 bridgehead atoms. The van der Waals surface area contributed by atoms with E-state index in [4.69, 9.17) is 16.3 Å². The molecule has 0 spiro atoms. The third-order valence-electron chi connectivity index (χ3n) is 3.42. The van der Waals surface area contributed by atoms with Crippen LogP contribution >= 0.6 is 43.5 Å². The van der Waals surface area contributed by atoms with Crippen LogP contribution in [0.15, 0.2) is 53.0 Å². The Morgan fingerprint density at radius 3 is 2.55 bits per heavy atom. The Kier molecular flexibility index (Phi) is 4.71. The zero-order valence-electron chi connectivity index (χ0n) is 11.7. The van der Waals surface area contributed by atoms with Gasteiger partial charge in [-0.25, -0.2) is 4.98 Å². The van der Waals surface area contributed by atoms with Crippen LogP contribution in [0.5, 0.6) is 5.88 Å². The molecule has 1 aromatic heterocycles. The van der Waals surface area contributed by atoms with Crippen molar-refractivity contribution >= 4 is 54.4 Å². The van der Waals surface area contributed by atoms with Crippen molar-refractivity contribution in [2.75, 3.05) is 7.11 Å². The second-order valence-corrected chi connectivity index (χ2v) is 6.99. The van der Waals surface area contributed by atoms with Crippen molar-refractivity contribution in [2.24, 2.45) is 0 Å². The van der Waals surface area contributed by atoms with Crippen molar-refractivity contribution in [1.82, 2.24) is 4.98 Å². The van der Waals surface area contributed by atoms with Crippen LogP contribution in [-0.4, -0.2) is 12.1 Å². The number of ether oxygens (including phenoxy) is 1. The standard InChI is InChI=1S/C17H12Br2ClNO/c1-22-17-14(15(19)10-5-3-2-4-6-10)16(20)12-9-11(18)7-8-13(12)21-17/h2-9,15H,1H3. The van der Waals surface area contributed by atoms with Gasteiger partial charge in [0.2, 0.25) is 5.88 Å². The van der Waals surface area contributed by atoms with Crippen LogP contribution in [-0.2, 0) is 0 Å². The molecule has 0 radical (unpaired) electrons. The molecule has 0 aliphatic rings. The molecule has 5 heteroatoms. The Labute approximate surface area is 150 Å². The number of rotatable bonds is 3. The first kappa shape index (κ1) is 15.8. The minimum atomic E-state index is -0.0907. The zero-order chi connectivity index (χ0) is 15.7. The summed E-state index contributed by atoms with van der Waals surface area (Å²) in [6.07, 6.45) is 0. The molecule has 1 unspecified atom stereocenters. The third kappa shape index (κ3) is 2.87. The summed E-state index contributed by atoms with van der Waals surface area (Å²) >= 11 is 13.9. The fourth-order valence-electron chi connectivity index (χ4n) is 2.35. The smallest absolute Gasteiger partial charge is 0.219 e. The highest BCUT2D eigenvalue weighted by Gasteiger charge is 2.22. The number of benzene rings is 2. The Morgan fingerprint density at radius 1 is 1.14 bits per heavy atom. The lowest BCUT2D eigenvalue weighted by molar-refractivity contribution is 0.395. The monoisotopic (exact) mass is 439 g/mol. The summed E-state index contributed by atoms with van der Waals surface area (Å²) in [6.45, 7) is 0. The number of pyridine rings is 1. The highest BCUT2D eigenvalue weighted by atomic mass is 79.9. The average Bonchev–Trinajstić information content (AvgIpc) is 2.55. The van der Waals surface area contributed by atoms with Gasteiger partial charge in [-0.15, -0.1) is 0 Å². The highest BCUT2D eigenvalue weighted by Crippen LogP contribution is 2.43. The van der Waals surface area contributed by atoms with Crippen molar-refractivity contribution in [1.29, 1.82) is 0 Å². The van der Waals surface area contributed by atoms with Gasteiger partial charge in [-0.05, 0) is 23.8 Å². The number of aromatic nitrogens is 1. The van der Waals surface area contributed by atoms with Crippen LogP contribution in [0.2, 0.25) is 5.02 Å². The molecule has 22 heavy (non-hydrogen) atoms. The van der Waals surface area contributed by atoms with Crippen LogP contribution in [0.4, 0.5) is 0 Å². The van der Waals surface area contributed by atoms with E-state index in [2.05, 4.69) is 36.8 Å². The Hall–Kier alpha value is -1.10. The Bertz CT molecular complexity index is 824. The van der Waals surface area contributed by atoms with E-state index in [1.807, 2.05) is 48.5 Å². The van der Waals surface area contributed by atoms with E-state index in [0.29, 0.717) is 10.9 Å². The Morgan fingerprint density at radius 2 is 1.86 bits per heavy atom. The van der Waals surface area contributed by atoms with Gasteiger partial charge in [-0.3, -0.25) is 0 Å². The van der Waals surface area contributed by atoms with E-state index in [9.17, 15) is 0 Å². The van der Waals surface area contributed by atoms with Gasteiger partial charge in [0.15, 0.2) is 0 Å². The SMILES string of the molecule is COc1nc2ccc(Br)cc2c(Cl)c1C(Br)c1ccccc1. The minimum absolute atomic E-state index is 0.0907. The van der Waals surface area contributed by atoms with Crippen molar-refractivity contribution < 1.29 is 4.74 Å². The molecule has 1 heterocycles. The third-order valence-corrected chi connectivity index (χ3v) is 5.31. The summed E-state index contributed by atoms with van der Waals surface area (Å²) in [7, 11) is 1.61. The molecular formula is C17H12Br2ClNO. The largest absolute Gasteiger partial charge is 0.481 e. The summed E-state index contributed by atoms with van der Waals surface area (Å²) in [4.78, 5) is 4.49. The molecule has 2 nitrogen and oxygen atoms in total. The number of halogens is 3. The summed E-state index contributed by atoms with van der Waals surface area (Å²) in [5, 5.41) is 1.54. The molecule has 3 rings (SSSR count). The quantitative estimate of drug-likeness (QED) is 0.455. The van der Waals surface area contributed by atoms with Crippen molar-refractivity contribution in [3.05, 3.63) is 69.2 Å². The summed E-state index contributed by atoms with van der Waals surface area (Å²) in [6, 6.07) is 15.9. The highest BCUT2D eigenvalue weighted by molar-refractivity contribution is 9.10. The van der Waals surface area contributed by atoms with Crippen molar-refractivity contribution in [3.63, 3.8) is 0 Å². The minimum Gasteiger partial charge on any atom is -0.481 e. The molecule has 0 amide bonds. The van der Waals surface area contributed by atoms with Gasteiger partial charge in [0.1, 0.15) is 0 Å². The van der Waals surface area contributed by atoms with E-state index in [1.54, 1.807) is 7.11 Å². The van der Waals surface area contributed by atoms with Crippen molar-refractivity contribution in [2.45, 2.75) is 4.83 Å². The number of hydrogen-bond acceptors (Lipinski definition) is 2. The van der Waals surface area contributed by atoms with Gasteiger partial charge < -0.3 is 4.74 Å². The molecule has 3 aromatic rings. The van der Waals surface area contributed by atoms with Crippen LogP contribution in [0, 0.1) is 0 Å². The molecule has 0 fully saturated rings. The van der Waals surface area contributed by atoms with Gasteiger partial charge in [0.25, 0.3) is 0 Å². The van der Waals surface area contributed by atoms with Crippen LogP contribution in [0.1, 0.15) is 16.0 Å². The average molecular weight is 442 g/mol. The first-order valence-corrected chi connectivity index (χ1v) is 8.72. The molecule has 0 N–H and O–H groups in total. The predicted octanol–water partition coefficient (Wildman–Crippen LogP) is 6.14. The molecule has 2 aromatic carbocycles. The normalized spacial score (nSPS) is 12.4. The topological polar surface area (TPSA) is 22.1 Å². The second kappa shape index (κ2) is 6.57. The van der Waals surface area contributed by atoms with E-state index < -0.39 is 0 Å². The fraction of sp³-hybridized carbons (Fsp3) is 0.118. The lowest BCUT2D eigenvalue weighted by atomic mass is 10.0.